The molecule has 0 aliphatic rings. The molecule has 30 heavy (non-hydrogen) atoms. The minimum atomic E-state index is -1.17. The van der Waals surface area contributed by atoms with Gasteiger partial charge in [-0.2, -0.15) is 0 Å². The van der Waals surface area contributed by atoms with Gasteiger partial charge in [0.25, 0.3) is 0 Å². The maximum Gasteiger partial charge on any atom is 0.320 e. The molecule has 0 aromatic heterocycles. The molecule has 0 rings (SSSR count). The van der Waals surface area contributed by atoms with Crippen LogP contribution in [0.15, 0.2) is 12.2 Å². The first-order chi connectivity index (χ1) is 14.3. The van der Waals surface area contributed by atoms with Gasteiger partial charge in [-0.3, -0.25) is 9.59 Å². The second kappa shape index (κ2) is 24.6. The van der Waals surface area contributed by atoms with Crippen LogP contribution >= 0.6 is 0 Å². The van der Waals surface area contributed by atoms with Gasteiger partial charge >= 0.3 is 118 Å². The van der Waals surface area contributed by atoms with Crippen LogP contribution in [0.3, 0.4) is 0 Å². The summed E-state index contributed by atoms with van der Waals surface area (Å²) in [7, 11) is 0. The largest absolute Gasteiger partial charge is 0.481 e. The summed E-state index contributed by atoms with van der Waals surface area (Å²) in [6.45, 7) is 2.27. The number of carbonyl (C=O) groups excluding carboxylic acids is 1. The Hall–Kier alpha value is -0.690. The Bertz CT molecular complexity index is 469. The Labute approximate surface area is 200 Å². The maximum atomic E-state index is 10.8. The van der Waals surface area contributed by atoms with Gasteiger partial charge in [0.15, 0.2) is 0 Å². The summed E-state index contributed by atoms with van der Waals surface area (Å²) in [4.78, 5) is 30.7. The molecule has 0 amide bonds. The monoisotopic (exact) mass is 435 g/mol. The smallest absolute Gasteiger partial charge is 0.320 e. The summed E-state index contributed by atoms with van der Waals surface area (Å²) in [6.07, 6.45) is 22.6. The number of nitrogens with two attached hydrogens (primary N) is 1. The zero-order valence-corrected chi connectivity index (χ0v) is 21.2. The zero-order chi connectivity index (χ0) is 23.0. The minimum absolute atomic E-state index is 0.0231. The Morgan fingerprint density at radius 1 is 0.800 bits per heavy atom. The molecule has 0 spiro atoms. The Kier molecular flexibility index (Phi) is 25.8. The van der Waals surface area contributed by atoms with Crippen LogP contribution in [0.4, 0.5) is 0 Å². The topological polar surface area (TPSA) is 118 Å². The molecule has 0 fully saturated rings. The molecule has 0 aliphatic heterocycles. The van der Waals surface area contributed by atoms with Crippen LogP contribution in [-0.4, -0.2) is 59.2 Å². The maximum absolute atomic E-state index is 10.8. The fourth-order valence-corrected chi connectivity index (χ4v) is 3.20. The standard InChI is InChI=1S/C18H33O.C5H9NO4.Na/c1-2-3-4-5-6-7-8-9-10-11-12-13-14-15-16-17-18-19;6-3(5(9)10)1-2-4(7)8;/h9-10H,2-8,11-17H2,1H3;3H,1-2,6H2,(H,7,8)(H,9,10);/b10-9-;;. The van der Waals surface area contributed by atoms with Gasteiger partial charge in [0.1, 0.15) is 6.04 Å². The summed E-state index contributed by atoms with van der Waals surface area (Å²) < 4.78 is 0.475. The van der Waals surface area contributed by atoms with Gasteiger partial charge in [0, 0.05) is 6.42 Å². The summed E-state index contributed by atoms with van der Waals surface area (Å²) in [6, 6.07) is -1.06. The normalized spacial score (nSPS) is 11.7. The molecule has 0 heterocycles. The number of unbranched alkanes of at least 4 members (excludes halogenated alkanes) is 11. The van der Waals surface area contributed by atoms with E-state index in [1.165, 1.54) is 77.0 Å². The number of hydrogen-bond acceptors (Lipinski definition) is 4. The predicted molar refractivity (Wildman–Crippen MR) is 123 cm³/mol. The fourth-order valence-electron chi connectivity index (χ4n) is 2.85. The first-order valence-electron chi connectivity index (χ1n) is 11.7. The first kappa shape index (κ1) is 31.5. The number of rotatable bonds is 19. The molecule has 0 saturated carbocycles. The van der Waals surface area contributed by atoms with Crippen molar-refractivity contribution in [3.05, 3.63) is 12.2 Å². The number of carboxylic acid groups (broad SMARTS) is 2. The molecular weight excluding hydrogens is 393 g/mol. The van der Waals surface area contributed by atoms with E-state index in [1.54, 1.807) is 0 Å². The molecule has 7 heteroatoms. The predicted octanol–water partition coefficient (Wildman–Crippen LogP) is 4.98. The van der Waals surface area contributed by atoms with Crippen LogP contribution in [-0.2, 0) is 14.4 Å². The summed E-state index contributed by atoms with van der Waals surface area (Å²) in [5.41, 5.74) is 5.00. The van der Waals surface area contributed by atoms with Crippen molar-refractivity contribution in [3.63, 3.8) is 0 Å². The van der Waals surface area contributed by atoms with Gasteiger partial charge in [0.2, 0.25) is 0 Å². The molecule has 4 N–H and O–H groups in total. The van der Waals surface area contributed by atoms with Crippen LogP contribution in [0.2, 0.25) is 0 Å². The summed E-state index contributed by atoms with van der Waals surface area (Å²) in [5, 5.41) is 16.3. The van der Waals surface area contributed by atoms with Crippen molar-refractivity contribution in [1.29, 1.82) is 0 Å². The molecular formula is C23H42NNaO5. The van der Waals surface area contributed by atoms with Crippen molar-refractivity contribution in [2.45, 2.75) is 116 Å². The molecule has 0 aliphatic carbocycles. The van der Waals surface area contributed by atoms with Crippen molar-refractivity contribution in [1.82, 2.24) is 0 Å². The first-order valence-corrected chi connectivity index (χ1v) is 12.7. The molecule has 1 atom stereocenters. The van der Waals surface area contributed by atoms with Gasteiger partial charge in [-0.25, -0.2) is 0 Å². The van der Waals surface area contributed by atoms with Gasteiger partial charge in [-0.05, 0) is 6.42 Å². The van der Waals surface area contributed by atoms with Gasteiger partial charge < -0.3 is 15.9 Å². The number of hydrogen-bond donors (Lipinski definition) is 3. The third-order valence-electron chi connectivity index (χ3n) is 4.78. The van der Waals surface area contributed by atoms with Crippen LogP contribution in [0.1, 0.15) is 110 Å². The van der Waals surface area contributed by atoms with E-state index in [4.69, 9.17) is 15.9 Å². The van der Waals surface area contributed by atoms with Crippen molar-refractivity contribution in [3.8, 4) is 0 Å². The van der Waals surface area contributed by atoms with E-state index in [2.05, 4.69) is 19.1 Å². The molecule has 0 bridgehead atoms. The second-order valence-corrected chi connectivity index (χ2v) is 9.03. The summed E-state index contributed by atoms with van der Waals surface area (Å²) >= 11 is 0.742. The van der Waals surface area contributed by atoms with Crippen LogP contribution in [0.5, 0.6) is 0 Å². The fraction of sp³-hybridized carbons (Fsp3) is 0.783. The van der Waals surface area contributed by atoms with E-state index in [-0.39, 0.29) is 12.8 Å². The van der Waals surface area contributed by atoms with Crippen LogP contribution in [0.25, 0.3) is 0 Å². The molecule has 1 unspecified atom stereocenters. The van der Waals surface area contributed by atoms with E-state index in [1.807, 2.05) is 0 Å². The number of carbonyl (C=O) groups is 3. The second-order valence-electron chi connectivity index (χ2n) is 7.91. The van der Waals surface area contributed by atoms with E-state index in [0.29, 0.717) is 3.03 Å². The number of carboxylic acids is 2. The van der Waals surface area contributed by atoms with E-state index < -0.39 is 18.0 Å². The van der Waals surface area contributed by atoms with E-state index in [0.717, 1.165) is 40.8 Å². The number of allylic oxidation sites excluding steroid dienone is 2. The molecule has 6 nitrogen and oxygen atoms in total. The molecule has 0 aromatic rings. The molecule has 0 radical (unpaired) electrons. The number of aliphatic carboxylic acids is 2. The SMILES string of the molecule is CCCCCCCC/C=C\CCCCCCC[C](=O)[Na].NC(CCC(=O)O)C(=O)O. The van der Waals surface area contributed by atoms with Gasteiger partial charge in [-0.1, -0.05) is 39.0 Å². The Morgan fingerprint density at radius 3 is 1.70 bits per heavy atom. The average molecular weight is 436 g/mol. The van der Waals surface area contributed by atoms with E-state index >= 15 is 0 Å². The minimum Gasteiger partial charge on any atom is -0.481 e. The van der Waals surface area contributed by atoms with Gasteiger partial charge in [0.05, 0.1) is 0 Å². The third-order valence-corrected chi connectivity index (χ3v) is 5.28. The van der Waals surface area contributed by atoms with Crippen molar-refractivity contribution >= 4 is 42.9 Å². The Morgan fingerprint density at radius 2 is 1.27 bits per heavy atom. The van der Waals surface area contributed by atoms with Crippen molar-refractivity contribution in [2.75, 3.05) is 0 Å². The summed E-state index contributed by atoms with van der Waals surface area (Å²) in [5.74, 6) is -2.20. The van der Waals surface area contributed by atoms with Crippen molar-refractivity contribution < 1.29 is 24.6 Å². The molecule has 0 aromatic carbocycles. The Balaban J connectivity index is 0. The quantitative estimate of drug-likeness (QED) is 0.150. The van der Waals surface area contributed by atoms with Gasteiger partial charge in [-0.15, -0.1) is 0 Å². The van der Waals surface area contributed by atoms with Crippen molar-refractivity contribution in [2.24, 2.45) is 5.73 Å². The average Bonchev–Trinajstić information content (AvgIpc) is 2.69. The molecule has 0 saturated heterocycles. The van der Waals surface area contributed by atoms with Crippen LogP contribution < -0.4 is 5.73 Å². The third kappa shape index (κ3) is 29.5. The molecule has 170 valence electrons. The van der Waals surface area contributed by atoms with Crippen LogP contribution in [0, 0.1) is 0 Å². The van der Waals surface area contributed by atoms with E-state index in [9.17, 15) is 14.4 Å². The zero-order valence-electron chi connectivity index (χ0n) is 19.2.